The van der Waals surface area contributed by atoms with Crippen LogP contribution in [0, 0.1) is 5.82 Å². The number of carbonyl (C=O) groups excluding carboxylic acids is 1. The van der Waals surface area contributed by atoms with Crippen LogP contribution in [0.2, 0.25) is 5.02 Å². The lowest BCUT2D eigenvalue weighted by molar-refractivity contribution is -0.121. The molecule has 0 radical (unpaired) electrons. The largest absolute Gasteiger partial charge is 0.353 e. The second-order valence-electron chi connectivity index (χ2n) is 5.22. The van der Waals surface area contributed by atoms with Gasteiger partial charge in [0.25, 0.3) is 0 Å². The monoisotopic (exact) mass is 298 g/mol. The summed E-state index contributed by atoms with van der Waals surface area (Å²) in [5, 5.41) is 3.21. The zero-order valence-electron chi connectivity index (χ0n) is 11.7. The van der Waals surface area contributed by atoms with Crippen LogP contribution in [-0.2, 0) is 11.3 Å². The van der Waals surface area contributed by atoms with Crippen LogP contribution in [0.25, 0.3) is 0 Å². The Morgan fingerprint density at radius 3 is 2.75 bits per heavy atom. The predicted octanol–water partition coefficient (Wildman–Crippen LogP) is 2.97. The van der Waals surface area contributed by atoms with E-state index in [0.29, 0.717) is 6.42 Å². The lowest BCUT2D eigenvalue weighted by atomic mass is 10.0. The fraction of sp³-hybridized carbons (Fsp3) is 0.533. The maximum absolute atomic E-state index is 13.1. The van der Waals surface area contributed by atoms with E-state index in [9.17, 15) is 9.18 Å². The maximum Gasteiger partial charge on any atom is 0.219 e. The van der Waals surface area contributed by atoms with Crippen molar-refractivity contribution in [3.63, 3.8) is 0 Å². The Balaban J connectivity index is 1.82. The van der Waals surface area contributed by atoms with Crippen LogP contribution in [0.5, 0.6) is 0 Å². The number of hydrogen-bond acceptors (Lipinski definition) is 2. The molecule has 2 rings (SSSR count). The highest BCUT2D eigenvalue weighted by Gasteiger charge is 2.20. The Labute approximate surface area is 124 Å². The van der Waals surface area contributed by atoms with Crippen LogP contribution in [0.3, 0.4) is 0 Å². The molecule has 1 fully saturated rings. The highest BCUT2D eigenvalue weighted by atomic mass is 35.5. The van der Waals surface area contributed by atoms with E-state index in [4.69, 9.17) is 11.6 Å². The van der Waals surface area contributed by atoms with E-state index < -0.39 is 0 Å². The fourth-order valence-electron chi connectivity index (χ4n) is 2.46. The van der Waals surface area contributed by atoms with Crippen molar-refractivity contribution in [2.24, 2.45) is 0 Å². The quantitative estimate of drug-likeness (QED) is 0.927. The van der Waals surface area contributed by atoms with E-state index in [1.165, 1.54) is 6.07 Å². The molecular formula is C15H20ClFN2O. The average molecular weight is 299 g/mol. The molecule has 1 saturated heterocycles. The lowest BCUT2D eigenvalue weighted by Gasteiger charge is -2.32. The summed E-state index contributed by atoms with van der Waals surface area (Å²) in [4.78, 5) is 13.7. The molecule has 0 atom stereocenters. The molecule has 0 bridgehead atoms. The summed E-state index contributed by atoms with van der Waals surface area (Å²) in [7, 11) is 0. The van der Waals surface area contributed by atoms with E-state index in [0.717, 1.165) is 38.0 Å². The topological polar surface area (TPSA) is 32.3 Å². The zero-order chi connectivity index (χ0) is 14.5. The van der Waals surface area contributed by atoms with Gasteiger partial charge in [0.2, 0.25) is 5.91 Å². The van der Waals surface area contributed by atoms with Gasteiger partial charge in [-0.1, -0.05) is 24.6 Å². The number of carbonyl (C=O) groups is 1. The third-order valence-corrected chi connectivity index (χ3v) is 3.95. The molecule has 0 spiro atoms. The molecule has 0 aliphatic carbocycles. The minimum absolute atomic E-state index is 0.119. The standard InChI is InChI=1S/C15H20ClFN2O/c1-2-15(20)18-12-5-7-19(8-6-12)10-11-3-4-14(17)13(16)9-11/h3-4,9,12H,2,5-8,10H2,1H3,(H,18,20). The minimum Gasteiger partial charge on any atom is -0.353 e. The number of halogens is 2. The average Bonchev–Trinajstić information content (AvgIpc) is 2.45. The van der Waals surface area contributed by atoms with Gasteiger partial charge in [-0.2, -0.15) is 0 Å². The van der Waals surface area contributed by atoms with E-state index in [1.54, 1.807) is 12.1 Å². The van der Waals surface area contributed by atoms with E-state index in [2.05, 4.69) is 10.2 Å². The molecule has 1 aliphatic rings. The highest BCUT2D eigenvalue weighted by Crippen LogP contribution is 2.19. The SMILES string of the molecule is CCC(=O)NC1CCN(Cc2ccc(F)c(Cl)c2)CC1. The van der Waals surface area contributed by atoms with Gasteiger partial charge >= 0.3 is 0 Å². The van der Waals surface area contributed by atoms with Gasteiger partial charge in [-0.25, -0.2) is 4.39 Å². The highest BCUT2D eigenvalue weighted by molar-refractivity contribution is 6.30. The van der Waals surface area contributed by atoms with Crippen LogP contribution in [-0.4, -0.2) is 29.9 Å². The van der Waals surface area contributed by atoms with Crippen molar-refractivity contribution in [2.75, 3.05) is 13.1 Å². The van der Waals surface area contributed by atoms with Crippen molar-refractivity contribution in [3.8, 4) is 0 Å². The van der Waals surface area contributed by atoms with E-state index in [1.807, 2.05) is 6.92 Å². The molecule has 1 aromatic carbocycles. The molecule has 1 heterocycles. The van der Waals surface area contributed by atoms with Gasteiger partial charge in [0.15, 0.2) is 0 Å². The third-order valence-electron chi connectivity index (χ3n) is 3.66. The summed E-state index contributed by atoms with van der Waals surface area (Å²) in [6, 6.07) is 5.15. The number of hydrogen-bond donors (Lipinski definition) is 1. The van der Waals surface area contributed by atoms with Gasteiger partial charge in [0.1, 0.15) is 5.82 Å². The number of rotatable bonds is 4. The first kappa shape index (κ1) is 15.3. The van der Waals surface area contributed by atoms with Crippen LogP contribution >= 0.6 is 11.6 Å². The summed E-state index contributed by atoms with van der Waals surface area (Å²) >= 11 is 5.79. The molecule has 0 unspecified atom stereocenters. The molecule has 1 N–H and O–H groups in total. The van der Waals surface area contributed by atoms with Crippen LogP contribution in [0.1, 0.15) is 31.7 Å². The number of piperidine rings is 1. The molecule has 1 aliphatic heterocycles. The Morgan fingerprint density at radius 2 is 2.15 bits per heavy atom. The second-order valence-corrected chi connectivity index (χ2v) is 5.63. The van der Waals surface area contributed by atoms with E-state index in [-0.39, 0.29) is 22.8 Å². The first-order chi connectivity index (χ1) is 9.58. The van der Waals surface area contributed by atoms with Gasteiger partial charge in [0, 0.05) is 32.1 Å². The summed E-state index contributed by atoms with van der Waals surface area (Å²) in [5.74, 6) is -0.259. The molecule has 20 heavy (non-hydrogen) atoms. The van der Waals surface area contributed by atoms with Crippen molar-refractivity contribution in [3.05, 3.63) is 34.6 Å². The first-order valence-corrected chi connectivity index (χ1v) is 7.42. The maximum atomic E-state index is 13.1. The fourth-order valence-corrected chi connectivity index (χ4v) is 2.66. The van der Waals surface area contributed by atoms with Gasteiger partial charge in [0.05, 0.1) is 5.02 Å². The Morgan fingerprint density at radius 1 is 1.45 bits per heavy atom. The first-order valence-electron chi connectivity index (χ1n) is 7.04. The van der Waals surface area contributed by atoms with Gasteiger partial charge in [-0.3, -0.25) is 9.69 Å². The Kier molecular flexibility index (Phi) is 5.38. The molecule has 1 amide bonds. The second kappa shape index (κ2) is 7.04. The molecule has 0 saturated carbocycles. The molecule has 0 aromatic heterocycles. The smallest absolute Gasteiger partial charge is 0.219 e. The number of benzene rings is 1. The number of amides is 1. The molecular weight excluding hydrogens is 279 g/mol. The zero-order valence-corrected chi connectivity index (χ0v) is 12.4. The third kappa shape index (κ3) is 4.18. The normalized spacial score (nSPS) is 17.1. The number of nitrogens with one attached hydrogen (secondary N) is 1. The Hall–Kier alpha value is -1.13. The van der Waals surface area contributed by atoms with Gasteiger partial charge < -0.3 is 5.32 Å². The van der Waals surface area contributed by atoms with Crippen molar-refractivity contribution < 1.29 is 9.18 Å². The van der Waals surface area contributed by atoms with Gasteiger partial charge in [-0.05, 0) is 30.5 Å². The van der Waals surface area contributed by atoms with Gasteiger partial charge in [-0.15, -0.1) is 0 Å². The number of nitrogens with zero attached hydrogens (tertiary/aromatic N) is 1. The Bertz CT molecular complexity index is 473. The van der Waals surface area contributed by atoms with Crippen molar-refractivity contribution >= 4 is 17.5 Å². The molecule has 5 heteroatoms. The van der Waals surface area contributed by atoms with Crippen LogP contribution in [0.15, 0.2) is 18.2 Å². The minimum atomic E-state index is -0.378. The number of likely N-dealkylation sites (tertiary alicyclic amines) is 1. The molecule has 3 nitrogen and oxygen atoms in total. The molecule has 110 valence electrons. The molecule has 1 aromatic rings. The summed E-state index contributed by atoms with van der Waals surface area (Å²) in [5.41, 5.74) is 1.02. The summed E-state index contributed by atoms with van der Waals surface area (Å²) in [6.45, 7) is 4.50. The lowest BCUT2D eigenvalue weighted by Crippen LogP contribution is -2.44. The van der Waals surface area contributed by atoms with E-state index >= 15 is 0 Å². The van der Waals surface area contributed by atoms with Crippen molar-refractivity contribution in [2.45, 2.75) is 38.8 Å². The summed E-state index contributed by atoms with van der Waals surface area (Å²) < 4.78 is 13.1. The summed E-state index contributed by atoms with van der Waals surface area (Å²) in [6.07, 6.45) is 2.45. The van der Waals surface area contributed by atoms with Crippen LogP contribution < -0.4 is 5.32 Å². The van der Waals surface area contributed by atoms with Crippen molar-refractivity contribution in [1.29, 1.82) is 0 Å². The predicted molar refractivity (Wildman–Crippen MR) is 78.1 cm³/mol. The van der Waals surface area contributed by atoms with Crippen LogP contribution in [0.4, 0.5) is 4.39 Å². The van der Waals surface area contributed by atoms with Crippen molar-refractivity contribution in [1.82, 2.24) is 10.2 Å².